The van der Waals surface area contributed by atoms with E-state index in [0.29, 0.717) is 18.4 Å². The molecule has 2 aliphatic carbocycles. The molecule has 2 aliphatic rings. The molecule has 2 rings (SSSR count). The molecular formula is C11H21NO. The molecule has 0 heterocycles. The first-order valence-corrected chi connectivity index (χ1v) is 5.59. The van der Waals surface area contributed by atoms with Crippen molar-refractivity contribution in [3.63, 3.8) is 0 Å². The molecule has 76 valence electrons. The molecule has 0 spiro atoms. The van der Waals surface area contributed by atoms with Gasteiger partial charge >= 0.3 is 0 Å². The summed E-state index contributed by atoms with van der Waals surface area (Å²) in [6.45, 7) is 2.89. The van der Waals surface area contributed by atoms with Crippen LogP contribution in [0.2, 0.25) is 0 Å². The summed E-state index contributed by atoms with van der Waals surface area (Å²) in [5.41, 5.74) is 5.87. The molecule has 2 saturated carbocycles. The van der Waals surface area contributed by atoms with Gasteiger partial charge in [0.1, 0.15) is 0 Å². The maximum absolute atomic E-state index is 10.2. The Hall–Kier alpha value is -0.0800. The molecule has 2 nitrogen and oxygen atoms in total. The second kappa shape index (κ2) is 3.25. The molecular weight excluding hydrogens is 162 g/mol. The quantitative estimate of drug-likeness (QED) is 0.697. The number of nitrogens with two attached hydrogens (primary N) is 1. The Morgan fingerprint density at radius 1 is 1.46 bits per heavy atom. The summed E-state index contributed by atoms with van der Waals surface area (Å²) in [6, 6.07) is 0. The van der Waals surface area contributed by atoms with Crippen molar-refractivity contribution in [1.82, 2.24) is 0 Å². The minimum atomic E-state index is -0.116. The summed E-state index contributed by atoms with van der Waals surface area (Å²) in [5.74, 6) is 1.20. The highest BCUT2D eigenvalue weighted by Crippen LogP contribution is 2.57. The Bertz CT molecular complexity index is 185. The summed E-state index contributed by atoms with van der Waals surface area (Å²) in [4.78, 5) is 0. The molecule has 0 aromatic carbocycles. The molecule has 0 aromatic rings. The molecule has 0 amide bonds. The van der Waals surface area contributed by atoms with Crippen molar-refractivity contribution in [3.05, 3.63) is 0 Å². The van der Waals surface area contributed by atoms with Gasteiger partial charge in [-0.3, -0.25) is 0 Å². The van der Waals surface area contributed by atoms with Crippen LogP contribution in [0.1, 0.15) is 39.0 Å². The van der Waals surface area contributed by atoms with Gasteiger partial charge in [-0.05, 0) is 31.1 Å². The highest BCUT2D eigenvalue weighted by Gasteiger charge is 2.56. The van der Waals surface area contributed by atoms with Gasteiger partial charge in [0.15, 0.2) is 0 Å². The van der Waals surface area contributed by atoms with Crippen molar-refractivity contribution in [1.29, 1.82) is 0 Å². The minimum Gasteiger partial charge on any atom is -0.392 e. The zero-order valence-electron chi connectivity index (χ0n) is 8.50. The lowest BCUT2D eigenvalue weighted by Crippen LogP contribution is -2.36. The molecule has 2 fully saturated rings. The molecule has 0 saturated heterocycles. The third-order valence-electron chi connectivity index (χ3n) is 4.32. The average Bonchev–Trinajstić information content (AvgIpc) is 2.62. The molecule has 13 heavy (non-hydrogen) atoms. The fourth-order valence-corrected chi connectivity index (χ4v) is 3.07. The zero-order valence-corrected chi connectivity index (χ0v) is 8.50. The molecule has 0 unspecified atom stereocenters. The van der Waals surface area contributed by atoms with Crippen molar-refractivity contribution in [3.8, 4) is 0 Å². The van der Waals surface area contributed by atoms with Gasteiger partial charge in [-0.25, -0.2) is 0 Å². The summed E-state index contributed by atoms with van der Waals surface area (Å²) >= 11 is 0. The van der Waals surface area contributed by atoms with E-state index in [0.717, 1.165) is 6.42 Å². The summed E-state index contributed by atoms with van der Waals surface area (Å²) in [5, 5.41) is 10.2. The summed E-state index contributed by atoms with van der Waals surface area (Å²) < 4.78 is 0. The van der Waals surface area contributed by atoms with Crippen molar-refractivity contribution < 1.29 is 5.11 Å². The van der Waals surface area contributed by atoms with Gasteiger partial charge in [0.2, 0.25) is 0 Å². The number of aliphatic hydroxyl groups is 1. The second-order valence-electron chi connectivity index (χ2n) is 5.03. The number of hydrogen-bond acceptors (Lipinski definition) is 2. The first-order chi connectivity index (χ1) is 6.20. The van der Waals surface area contributed by atoms with Crippen molar-refractivity contribution in [2.24, 2.45) is 23.0 Å². The van der Waals surface area contributed by atoms with E-state index in [4.69, 9.17) is 5.73 Å². The van der Waals surface area contributed by atoms with Crippen LogP contribution in [0, 0.1) is 17.3 Å². The Balaban J connectivity index is 1.99. The van der Waals surface area contributed by atoms with Crippen molar-refractivity contribution >= 4 is 0 Å². The van der Waals surface area contributed by atoms with E-state index in [-0.39, 0.29) is 11.5 Å². The topological polar surface area (TPSA) is 46.2 Å². The first kappa shape index (κ1) is 9.47. The van der Waals surface area contributed by atoms with E-state index < -0.39 is 0 Å². The molecule has 0 aromatic heterocycles. The van der Waals surface area contributed by atoms with Gasteiger partial charge in [-0.1, -0.05) is 19.8 Å². The average molecular weight is 183 g/mol. The minimum absolute atomic E-state index is 0.106. The van der Waals surface area contributed by atoms with Crippen molar-refractivity contribution in [2.45, 2.75) is 45.1 Å². The zero-order chi connectivity index (χ0) is 9.47. The normalized spacial score (nSPS) is 42.2. The molecule has 0 radical (unpaired) electrons. The Morgan fingerprint density at radius 3 is 2.38 bits per heavy atom. The Labute approximate surface area is 80.5 Å². The number of aliphatic hydroxyl groups excluding tert-OH is 1. The van der Waals surface area contributed by atoms with Gasteiger partial charge in [-0.2, -0.15) is 0 Å². The predicted molar refractivity (Wildman–Crippen MR) is 53.2 cm³/mol. The molecule has 0 bridgehead atoms. The van der Waals surface area contributed by atoms with Crippen LogP contribution < -0.4 is 5.73 Å². The third kappa shape index (κ3) is 1.40. The first-order valence-electron chi connectivity index (χ1n) is 5.59. The van der Waals surface area contributed by atoms with Crippen LogP contribution in [0.15, 0.2) is 0 Å². The van der Waals surface area contributed by atoms with E-state index in [2.05, 4.69) is 6.92 Å². The van der Waals surface area contributed by atoms with Crippen molar-refractivity contribution in [2.75, 3.05) is 6.54 Å². The number of rotatable bonds is 3. The highest BCUT2D eigenvalue weighted by atomic mass is 16.3. The van der Waals surface area contributed by atoms with Gasteiger partial charge < -0.3 is 10.8 Å². The second-order valence-corrected chi connectivity index (χ2v) is 5.03. The van der Waals surface area contributed by atoms with E-state index in [1.807, 2.05) is 0 Å². The lowest BCUT2D eigenvalue weighted by molar-refractivity contribution is 0.0361. The lowest BCUT2D eigenvalue weighted by Gasteiger charge is -2.27. The largest absolute Gasteiger partial charge is 0.392 e. The van der Waals surface area contributed by atoms with Crippen LogP contribution in [0.5, 0.6) is 0 Å². The van der Waals surface area contributed by atoms with Crippen LogP contribution in [0.3, 0.4) is 0 Å². The summed E-state index contributed by atoms with van der Waals surface area (Å²) in [7, 11) is 0. The monoisotopic (exact) mass is 183 g/mol. The molecule has 3 atom stereocenters. The maximum atomic E-state index is 10.2. The smallest absolute Gasteiger partial charge is 0.0639 e. The van der Waals surface area contributed by atoms with Gasteiger partial charge in [0, 0.05) is 12.0 Å². The SMILES string of the molecule is C[C@@H]1C[C@@]1(CN)[C@H](O)C1CCCC1. The van der Waals surface area contributed by atoms with E-state index >= 15 is 0 Å². The van der Waals surface area contributed by atoms with Gasteiger partial charge in [-0.15, -0.1) is 0 Å². The van der Waals surface area contributed by atoms with Gasteiger partial charge in [0.05, 0.1) is 6.10 Å². The van der Waals surface area contributed by atoms with E-state index in [9.17, 15) is 5.11 Å². The highest BCUT2D eigenvalue weighted by molar-refractivity contribution is 5.07. The summed E-state index contributed by atoms with van der Waals surface area (Å²) in [6.07, 6.45) is 6.06. The molecule has 0 aliphatic heterocycles. The van der Waals surface area contributed by atoms with E-state index in [1.54, 1.807) is 0 Å². The fourth-order valence-electron chi connectivity index (χ4n) is 3.07. The maximum Gasteiger partial charge on any atom is 0.0639 e. The molecule has 3 N–H and O–H groups in total. The third-order valence-corrected chi connectivity index (χ3v) is 4.32. The predicted octanol–water partition coefficient (Wildman–Crippen LogP) is 1.52. The Morgan fingerprint density at radius 2 is 2.00 bits per heavy atom. The standard InChI is InChI=1S/C11H21NO/c1-8-6-11(8,7-12)10(13)9-4-2-3-5-9/h8-10,13H,2-7,12H2,1H3/t8-,10-,11+/m1/s1. The van der Waals surface area contributed by atoms with Crippen LogP contribution in [0.25, 0.3) is 0 Å². The van der Waals surface area contributed by atoms with Crippen LogP contribution in [0.4, 0.5) is 0 Å². The fraction of sp³-hybridized carbons (Fsp3) is 1.00. The Kier molecular flexibility index (Phi) is 2.37. The van der Waals surface area contributed by atoms with Crippen LogP contribution in [-0.4, -0.2) is 17.8 Å². The van der Waals surface area contributed by atoms with Gasteiger partial charge in [0.25, 0.3) is 0 Å². The molecule has 2 heteroatoms. The van der Waals surface area contributed by atoms with Crippen LogP contribution in [-0.2, 0) is 0 Å². The van der Waals surface area contributed by atoms with Crippen LogP contribution >= 0.6 is 0 Å². The lowest BCUT2D eigenvalue weighted by atomic mass is 9.85. The number of hydrogen-bond donors (Lipinski definition) is 2. The van der Waals surface area contributed by atoms with E-state index in [1.165, 1.54) is 25.7 Å².